The van der Waals surface area contributed by atoms with Crippen molar-refractivity contribution in [3.63, 3.8) is 0 Å². The molecule has 0 saturated carbocycles. The highest BCUT2D eigenvalue weighted by Gasteiger charge is 2.22. The summed E-state index contributed by atoms with van der Waals surface area (Å²) >= 11 is 1.48. The van der Waals surface area contributed by atoms with Gasteiger partial charge in [-0.25, -0.2) is 4.79 Å². The molecule has 0 unspecified atom stereocenters. The minimum atomic E-state index is -0.273. The fraction of sp³-hybridized carbons (Fsp3) is 0.455. The Morgan fingerprint density at radius 1 is 1.11 bits per heavy atom. The van der Waals surface area contributed by atoms with Crippen LogP contribution in [0.15, 0.2) is 36.4 Å². The monoisotopic (exact) mass is 400 g/mol. The maximum atomic E-state index is 12.5. The smallest absolute Gasteiger partial charge is 0.348 e. The Balaban J connectivity index is 1.42. The number of nitrogens with zero attached hydrogens (tertiary/aromatic N) is 2. The molecule has 1 aliphatic heterocycles. The number of methoxy groups -OCH3 is 1. The first-order chi connectivity index (χ1) is 13.6. The second-order valence-corrected chi connectivity index (χ2v) is 8.44. The van der Waals surface area contributed by atoms with Gasteiger partial charge in [-0.1, -0.05) is 30.3 Å². The first-order valence-corrected chi connectivity index (χ1v) is 10.6. The highest BCUT2D eigenvalue weighted by atomic mass is 32.1. The van der Waals surface area contributed by atoms with Gasteiger partial charge in [-0.15, -0.1) is 11.3 Å². The van der Waals surface area contributed by atoms with Gasteiger partial charge < -0.3 is 9.64 Å². The molecule has 0 radical (unpaired) electrons. The average Bonchev–Trinajstić information content (AvgIpc) is 3.09. The molecule has 2 heterocycles. The van der Waals surface area contributed by atoms with Gasteiger partial charge in [-0.3, -0.25) is 9.69 Å². The van der Waals surface area contributed by atoms with E-state index in [1.807, 2.05) is 36.1 Å². The standard InChI is InChI=1S/C22H28N2O3S/c1-17-19(15-20(28-17)22(26)27-2)16-23-11-13-24(14-12-23)21(25)10-6-9-18-7-4-3-5-8-18/h3-5,7-8,15H,6,9-14,16H2,1-2H3. The third-order valence-corrected chi connectivity index (χ3v) is 6.30. The number of rotatable bonds is 7. The largest absolute Gasteiger partial charge is 0.465 e. The Kier molecular flexibility index (Phi) is 7.23. The number of carbonyl (C=O) groups excluding carboxylic acids is 2. The van der Waals surface area contributed by atoms with Gasteiger partial charge in [-0.05, 0) is 37.0 Å². The second-order valence-electron chi connectivity index (χ2n) is 7.18. The van der Waals surface area contributed by atoms with Crippen LogP contribution in [-0.4, -0.2) is 55.0 Å². The van der Waals surface area contributed by atoms with Crippen molar-refractivity contribution in [1.29, 1.82) is 0 Å². The Morgan fingerprint density at radius 3 is 2.50 bits per heavy atom. The Labute approximate surface area is 170 Å². The summed E-state index contributed by atoms with van der Waals surface area (Å²) in [6.07, 6.45) is 2.46. The van der Waals surface area contributed by atoms with Crippen LogP contribution in [0, 0.1) is 6.92 Å². The first kappa shape index (κ1) is 20.6. The van der Waals surface area contributed by atoms with Crippen molar-refractivity contribution in [2.24, 2.45) is 0 Å². The molecule has 0 spiro atoms. The van der Waals surface area contributed by atoms with Gasteiger partial charge in [0.15, 0.2) is 0 Å². The molecule has 1 fully saturated rings. The molecule has 1 saturated heterocycles. The van der Waals surface area contributed by atoms with E-state index in [-0.39, 0.29) is 11.9 Å². The molecule has 5 nitrogen and oxygen atoms in total. The van der Waals surface area contributed by atoms with Crippen LogP contribution >= 0.6 is 11.3 Å². The molecule has 1 aromatic carbocycles. The average molecular weight is 401 g/mol. The SMILES string of the molecule is COC(=O)c1cc(CN2CCN(C(=O)CCCc3ccccc3)CC2)c(C)s1. The third kappa shape index (κ3) is 5.42. The van der Waals surface area contributed by atoms with Crippen LogP contribution in [0.5, 0.6) is 0 Å². The quantitative estimate of drug-likeness (QED) is 0.668. The number of amides is 1. The molecule has 3 rings (SSSR count). The maximum absolute atomic E-state index is 12.5. The van der Waals surface area contributed by atoms with Crippen LogP contribution in [0.2, 0.25) is 0 Å². The van der Waals surface area contributed by atoms with E-state index < -0.39 is 0 Å². The zero-order valence-electron chi connectivity index (χ0n) is 16.6. The molecule has 1 aliphatic rings. The van der Waals surface area contributed by atoms with Crippen LogP contribution in [-0.2, 0) is 22.5 Å². The zero-order valence-corrected chi connectivity index (χ0v) is 17.5. The van der Waals surface area contributed by atoms with Crippen molar-refractivity contribution in [3.8, 4) is 0 Å². The van der Waals surface area contributed by atoms with Crippen LogP contribution < -0.4 is 0 Å². The van der Waals surface area contributed by atoms with Gasteiger partial charge in [0.1, 0.15) is 4.88 Å². The molecular formula is C22H28N2O3S. The normalized spacial score (nSPS) is 14.9. The number of piperazine rings is 1. The van der Waals surface area contributed by atoms with E-state index in [4.69, 9.17) is 4.74 Å². The molecule has 6 heteroatoms. The molecule has 0 N–H and O–H groups in total. The minimum absolute atomic E-state index is 0.260. The highest BCUT2D eigenvalue weighted by Crippen LogP contribution is 2.24. The predicted molar refractivity (Wildman–Crippen MR) is 112 cm³/mol. The van der Waals surface area contributed by atoms with Gasteiger partial charge in [0.05, 0.1) is 7.11 Å². The molecule has 0 aliphatic carbocycles. The lowest BCUT2D eigenvalue weighted by Crippen LogP contribution is -2.48. The maximum Gasteiger partial charge on any atom is 0.348 e. The number of aryl methyl sites for hydroxylation is 2. The van der Waals surface area contributed by atoms with Gasteiger partial charge in [0.25, 0.3) is 0 Å². The number of thiophene rings is 1. The molecule has 2 aromatic rings. The summed E-state index contributed by atoms with van der Waals surface area (Å²) in [6.45, 7) is 6.14. The van der Waals surface area contributed by atoms with Gasteiger partial charge in [0.2, 0.25) is 5.91 Å². The predicted octanol–water partition coefficient (Wildman–Crippen LogP) is 3.51. The van der Waals surface area contributed by atoms with Crippen molar-refractivity contribution in [1.82, 2.24) is 9.80 Å². The number of hydrogen-bond donors (Lipinski definition) is 0. The minimum Gasteiger partial charge on any atom is -0.465 e. The summed E-state index contributed by atoms with van der Waals surface area (Å²) in [5, 5.41) is 0. The number of esters is 1. The summed E-state index contributed by atoms with van der Waals surface area (Å²) < 4.78 is 4.81. The summed E-state index contributed by atoms with van der Waals surface area (Å²) in [5.74, 6) is -0.0134. The fourth-order valence-electron chi connectivity index (χ4n) is 3.52. The van der Waals surface area contributed by atoms with Gasteiger partial charge in [0, 0.05) is 44.0 Å². The van der Waals surface area contributed by atoms with Crippen LogP contribution in [0.4, 0.5) is 0 Å². The van der Waals surface area contributed by atoms with Crippen molar-refractivity contribution in [2.45, 2.75) is 32.7 Å². The van der Waals surface area contributed by atoms with Crippen molar-refractivity contribution < 1.29 is 14.3 Å². The molecule has 0 atom stereocenters. The summed E-state index contributed by atoms with van der Waals surface area (Å²) in [5.41, 5.74) is 2.46. The summed E-state index contributed by atoms with van der Waals surface area (Å²) in [4.78, 5) is 30.3. The van der Waals surface area contributed by atoms with Crippen molar-refractivity contribution >= 4 is 23.2 Å². The Hall–Kier alpha value is -2.18. The molecule has 150 valence electrons. The van der Waals surface area contributed by atoms with E-state index >= 15 is 0 Å². The molecule has 28 heavy (non-hydrogen) atoms. The van der Waals surface area contributed by atoms with Crippen LogP contribution in [0.3, 0.4) is 0 Å². The van der Waals surface area contributed by atoms with E-state index in [2.05, 4.69) is 17.0 Å². The van der Waals surface area contributed by atoms with Gasteiger partial charge >= 0.3 is 5.97 Å². The lowest BCUT2D eigenvalue weighted by molar-refractivity contribution is -0.133. The van der Waals surface area contributed by atoms with Gasteiger partial charge in [-0.2, -0.15) is 0 Å². The van der Waals surface area contributed by atoms with E-state index in [9.17, 15) is 9.59 Å². The van der Waals surface area contributed by atoms with Crippen molar-refractivity contribution in [3.05, 3.63) is 57.3 Å². The Morgan fingerprint density at radius 2 is 1.82 bits per heavy atom. The molecule has 0 bridgehead atoms. The topological polar surface area (TPSA) is 49.9 Å². The first-order valence-electron chi connectivity index (χ1n) is 9.78. The molecular weight excluding hydrogens is 372 g/mol. The molecule has 1 aromatic heterocycles. The highest BCUT2D eigenvalue weighted by molar-refractivity contribution is 7.14. The van der Waals surface area contributed by atoms with Crippen LogP contribution in [0.1, 0.15) is 38.5 Å². The number of benzene rings is 1. The summed E-state index contributed by atoms with van der Waals surface area (Å²) in [6, 6.07) is 12.3. The lowest BCUT2D eigenvalue weighted by Gasteiger charge is -2.34. The number of carbonyl (C=O) groups is 2. The number of hydrogen-bond acceptors (Lipinski definition) is 5. The van der Waals surface area contributed by atoms with E-state index in [0.29, 0.717) is 11.3 Å². The fourth-order valence-corrected chi connectivity index (χ4v) is 4.47. The molecule has 1 amide bonds. The van der Waals surface area contributed by atoms with E-state index in [1.54, 1.807) is 0 Å². The van der Waals surface area contributed by atoms with Crippen LogP contribution in [0.25, 0.3) is 0 Å². The van der Waals surface area contributed by atoms with E-state index in [0.717, 1.165) is 50.4 Å². The van der Waals surface area contributed by atoms with Crippen molar-refractivity contribution in [2.75, 3.05) is 33.3 Å². The third-order valence-electron chi connectivity index (χ3n) is 5.23. The second kappa shape index (κ2) is 9.85. The van der Waals surface area contributed by atoms with E-state index in [1.165, 1.54) is 29.6 Å². The summed E-state index contributed by atoms with van der Waals surface area (Å²) in [7, 11) is 1.41. The lowest BCUT2D eigenvalue weighted by atomic mass is 10.1. The number of ether oxygens (including phenoxy) is 1. The Bertz CT molecular complexity index is 795. The zero-order chi connectivity index (χ0) is 19.9.